The van der Waals surface area contributed by atoms with Crippen LogP contribution in [0.15, 0.2) is 66.7 Å². The van der Waals surface area contributed by atoms with E-state index in [-0.39, 0.29) is 18.4 Å². The Labute approximate surface area is 300 Å². The molecule has 2 aromatic heterocycles. The van der Waals surface area contributed by atoms with E-state index in [1.165, 1.54) is 35.7 Å². The zero-order chi connectivity index (χ0) is 35.1. The minimum atomic E-state index is 0.0399. The molecule has 3 fully saturated rings. The fourth-order valence-corrected chi connectivity index (χ4v) is 8.39. The van der Waals surface area contributed by atoms with Gasteiger partial charge >= 0.3 is 0 Å². The molecule has 3 aliphatic rings. The van der Waals surface area contributed by atoms with Crippen molar-refractivity contribution in [2.75, 3.05) is 39.9 Å². The molecule has 1 saturated carbocycles. The van der Waals surface area contributed by atoms with Crippen LogP contribution in [0.2, 0.25) is 0 Å². The van der Waals surface area contributed by atoms with E-state index >= 15 is 0 Å². The quantitative estimate of drug-likeness (QED) is 0.151. The average molecular weight is 688 g/mol. The average Bonchev–Trinajstić information content (AvgIpc) is 3.84. The highest BCUT2D eigenvalue weighted by Gasteiger charge is 2.31. The van der Waals surface area contributed by atoms with Crippen LogP contribution in [-0.4, -0.2) is 75.6 Å². The van der Waals surface area contributed by atoms with E-state index in [0.717, 1.165) is 86.7 Å². The molecule has 1 atom stereocenters. The highest BCUT2D eigenvalue weighted by Crippen LogP contribution is 2.41. The minimum absolute atomic E-state index is 0.0399. The predicted octanol–water partition coefficient (Wildman–Crippen LogP) is 7.66. The number of benzene rings is 3. The van der Waals surface area contributed by atoms with Gasteiger partial charge in [0.2, 0.25) is 0 Å². The standard InChI is InChI=1S/C42H49N5O4/c1-4-28-10-9-19-46(25-28)42(49)32-22-35-40(37(24-32)50-3)44(2)41(43-35)36-23-31-11-8-14-34(39(31)47(36)26-29-15-16-29)30-17-20-45(21-18-30)38(48)27-51-33-12-6-5-7-13-33/h5-8,11-14,22-24,28-30H,4,9-10,15-21,25-27H2,1-3H3/t28-/m1/s1. The van der Waals surface area contributed by atoms with Gasteiger partial charge in [0.25, 0.3) is 11.8 Å². The molecular weight excluding hydrogens is 638 g/mol. The van der Waals surface area contributed by atoms with Crippen molar-refractivity contribution in [1.82, 2.24) is 23.9 Å². The van der Waals surface area contributed by atoms with E-state index in [9.17, 15) is 9.59 Å². The monoisotopic (exact) mass is 687 g/mol. The number of aromatic nitrogens is 3. The van der Waals surface area contributed by atoms with Crippen LogP contribution in [0.25, 0.3) is 33.5 Å². The number of ether oxygens (including phenoxy) is 2. The van der Waals surface area contributed by atoms with E-state index in [0.29, 0.717) is 29.1 Å². The third-order valence-electron chi connectivity index (χ3n) is 11.5. The number of nitrogens with zero attached hydrogens (tertiary/aromatic N) is 5. The molecule has 4 heterocycles. The highest BCUT2D eigenvalue weighted by atomic mass is 16.5. The summed E-state index contributed by atoms with van der Waals surface area (Å²) in [7, 11) is 3.73. The van der Waals surface area contributed by atoms with Gasteiger partial charge in [-0.3, -0.25) is 9.59 Å². The number of imidazole rings is 1. The maximum Gasteiger partial charge on any atom is 0.260 e. The number of para-hydroxylation sites is 2. The lowest BCUT2D eigenvalue weighted by Gasteiger charge is -2.32. The number of rotatable bonds is 10. The number of piperidine rings is 2. The second-order valence-corrected chi connectivity index (χ2v) is 14.8. The topological polar surface area (TPSA) is 81.8 Å². The van der Waals surface area contributed by atoms with Crippen LogP contribution in [0.1, 0.15) is 73.7 Å². The Morgan fingerprint density at radius 1 is 0.863 bits per heavy atom. The number of hydrogen-bond donors (Lipinski definition) is 0. The molecule has 9 nitrogen and oxygen atoms in total. The zero-order valence-electron chi connectivity index (χ0n) is 30.1. The summed E-state index contributed by atoms with van der Waals surface area (Å²) in [5.74, 6) is 3.92. The molecule has 1 aliphatic carbocycles. The Morgan fingerprint density at radius 3 is 2.41 bits per heavy atom. The Hall–Kier alpha value is -4.79. The number of aryl methyl sites for hydroxylation is 1. The number of amides is 2. The molecule has 9 heteroatoms. The van der Waals surface area contributed by atoms with Gasteiger partial charge in [0.1, 0.15) is 17.0 Å². The summed E-state index contributed by atoms with van der Waals surface area (Å²) in [6.45, 7) is 6.27. The van der Waals surface area contributed by atoms with Crippen LogP contribution in [0, 0.1) is 11.8 Å². The molecule has 2 saturated heterocycles. The smallest absolute Gasteiger partial charge is 0.260 e. The van der Waals surface area contributed by atoms with E-state index in [1.807, 2.05) is 52.3 Å². The van der Waals surface area contributed by atoms with E-state index in [4.69, 9.17) is 14.5 Å². The minimum Gasteiger partial charge on any atom is -0.494 e. The summed E-state index contributed by atoms with van der Waals surface area (Å²) in [4.78, 5) is 36.0. The van der Waals surface area contributed by atoms with Crippen molar-refractivity contribution in [1.29, 1.82) is 0 Å². The van der Waals surface area contributed by atoms with Crippen LogP contribution >= 0.6 is 0 Å². The van der Waals surface area contributed by atoms with Gasteiger partial charge in [-0.1, -0.05) is 49.7 Å². The highest BCUT2D eigenvalue weighted by molar-refractivity contribution is 6.00. The maximum atomic E-state index is 13.8. The van der Waals surface area contributed by atoms with Gasteiger partial charge in [-0.2, -0.15) is 0 Å². The molecular formula is C42H49N5O4. The first-order valence-corrected chi connectivity index (χ1v) is 18.8. The number of carbonyl (C=O) groups is 2. The van der Waals surface area contributed by atoms with Gasteiger partial charge in [-0.05, 0) is 92.2 Å². The maximum absolute atomic E-state index is 13.8. The van der Waals surface area contributed by atoms with E-state index < -0.39 is 0 Å². The van der Waals surface area contributed by atoms with E-state index in [2.05, 4.69) is 47.4 Å². The van der Waals surface area contributed by atoms with Gasteiger partial charge < -0.3 is 28.4 Å². The molecule has 5 aromatic rings. The summed E-state index contributed by atoms with van der Waals surface area (Å²) in [5.41, 5.74) is 6.02. The summed E-state index contributed by atoms with van der Waals surface area (Å²) < 4.78 is 16.3. The summed E-state index contributed by atoms with van der Waals surface area (Å²) in [6, 6.07) is 22.4. The lowest BCUT2D eigenvalue weighted by molar-refractivity contribution is -0.134. The zero-order valence-corrected chi connectivity index (χ0v) is 30.1. The van der Waals surface area contributed by atoms with Crippen molar-refractivity contribution in [2.45, 2.75) is 64.3 Å². The Kier molecular flexibility index (Phi) is 9.21. The molecule has 8 rings (SSSR count). The molecule has 0 spiro atoms. The van der Waals surface area contributed by atoms with Crippen molar-refractivity contribution >= 4 is 33.8 Å². The van der Waals surface area contributed by atoms with E-state index in [1.54, 1.807) is 7.11 Å². The first-order valence-electron chi connectivity index (χ1n) is 18.8. The van der Waals surface area contributed by atoms with Crippen molar-refractivity contribution < 1.29 is 19.1 Å². The Morgan fingerprint density at radius 2 is 1.67 bits per heavy atom. The van der Waals surface area contributed by atoms with Gasteiger partial charge in [0.05, 0.1) is 23.8 Å². The number of likely N-dealkylation sites (tertiary alicyclic amines) is 2. The van der Waals surface area contributed by atoms with Crippen molar-refractivity contribution in [3.8, 4) is 23.0 Å². The van der Waals surface area contributed by atoms with Crippen molar-refractivity contribution in [2.24, 2.45) is 18.9 Å². The van der Waals surface area contributed by atoms with Gasteiger partial charge in [0, 0.05) is 50.7 Å². The fourth-order valence-electron chi connectivity index (χ4n) is 8.39. The molecule has 0 N–H and O–H groups in total. The number of carbonyl (C=O) groups excluding carboxylic acids is 2. The predicted molar refractivity (Wildman–Crippen MR) is 200 cm³/mol. The molecule has 2 amide bonds. The number of methoxy groups -OCH3 is 1. The van der Waals surface area contributed by atoms with Crippen LogP contribution in [0.5, 0.6) is 11.5 Å². The van der Waals surface area contributed by atoms with Crippen molar-refractivity contribution in [3.63, 3.8) is 0 Å². The lowest BCUT2D eigenvalue weighted by atomic mass is 9.88. The number of hydrogen-bond acceptors (Lipinski definition) is 5. The molecule has 0 radical (unpaired) electrons. The summed E-state index contributed by atoms with van der Waals surface area (Å²) >= 11 is 0. The van der Waals surface area contributed by atoms with Crippen LogP contribution < -0.4 is 9.47 Å². The largest absolute Gasteiger partial charge is 0.494 e. The number of fused-ring (bicyclic) bond motifs is 2. The van der Waals surface area contributed by atoms with Gasteiger partial charge in [0.15, 0.2) is 12.4 Å². The first kappa shape index (κ1) is 33.4. The van der Waals surface area contributed by atoms with Gasteiger partial charge in [-0.15, -0.1) is 0 Å². The lowest BCUT2D eigenvalue weighted by Crippen LogP contribution is -2.40. The second kappa shape index (κ2) is 14.1. The third-order valence-corrected chi connectivity index (χ3v) is 11.5. The van der Waals surface area contributed by atoms with Crippen LogP contribution in [0.4, 0.5) is 0 Å². The second-order valence-electron chi connectivity index (χ2n) is 14.8. The molecule has 266 valence electrons. The SMILES string of the molecule is CC[C@@H]1CCCN(C(=O)c2cc(OC)c3c(c2)nc(-c2cc4cccc(C5CCN(C(=O)COc6ccccc6)CC5)c4n2CC2CC2)n3C)C1. The molecule has 51 heavy (non-hydrogen) atoms. The molecule has 2 aliphatic heterocycles. The van der Waals surface area contributed by atoms with Gasteiger partial charge in [-0.25, -0.2) is 4.98 Å². The molecule has 0 unspecified atom stereocenters. The van der Waals surface area contributed by atoms with Crippen LogP contribution in [0.3, 0.4) is 0 Å². The molecule has 3 aromatic carbocycles. The third kappa shape index (κ3) is 6.59. The Bertz CT molecular complexity index is 2050. The molecule has 0 bridgehead atoms. The summed E-state index contributed by atoms with van der Waals surface area (Å²) in [5, 5.41) is 1.21. The fraction of sp³-hybridized carbons (Fsp3) is 0.452. The van der Waals surface area contributed by atoms with Crippen molar-refractivity contribution in [3.05, 3.63) is 77.9 Å². The Balaban J connectivity index is 1.10. The first-order chi connectivity index (χ1) is 24.9. The normalized spacial score (nSPS) is 18.5. The van der Waals surface area contributed by atoms with Crippen LogP contribution in [-0.2, 0) is 18.4 Å². The summed E-state index contributed by atoms with van der Waals surface area (Å²) in [6.07, 6.45) is 7.63.